The SMILES string of the molecule is CCCCCCCCCCCCCCC1CCCCC1C(CC(C)(C)C)(CC(C)(C)C)OC(=O)CCC(=O)O. The van der Waals surface area contributed by atoms with Crippen molar-refractivity contribution < 1.29 is 19.4 Å². The number of hydrogen-bond donors (Lipinski definition) is 1. The molecule has 0 saturated heterocycles. The molecule has 1 N–H and O–H groups in total. The van der Waals surface area contributed by atoms with Gasteiger partial charge in [-0.25, -0.2) is 0 Å². The highest BCUT2D eigenvalue weighted by atomic mass is 16.6. The maximum absolute atomic E-state index is 13.1. The second-order valence-corrected chi connectivity index (χ2v) is 15.2. The van der Waals surface area contributed by atoms with E-state index in [4.69, 9.17) is 9.84 Å². The van der Waals surface area contributed by atoms with Crippen LogP contribution in [0.25, 0.3) is 0 Å². The molecule has 0 spiro atoms. The predicted molar refractivity (Wildman–Crippen MR) is 165 cm³/mol. The Bertz CT molecular complexity index is 653. The molecule has 2 unspecified atom stereocenters. The van der Waals surface area contributed by atoms with Gasteiger partial charge < -0.3 is 9.84 Å². The maximum atomic E-state index is 13.1. The van der Waals surface area contributed by atoms with Crippen LogP contribution in [0.5, 0.6) is 0 Å². The summed E-state index contributed by atoms with van der Waals surface area (Å²) >= 11 is 0. The van der Waals surface area contributed by atoms with Gasteiger partial charge in [0.25, 0.3) is 0 Å². The summed E-state index contributed by atoms with van der Waals surface area (Å²) in [4.78, 5) is 24.2. The van der Waals surface area contributed by atoms with Gasteiger partial charge in [0.05, 0.1) is 12.8 Å². The molecule has 0 aromatic heterocycles. The normalized spacial score (nSPS) is 18.7. The first kappa shape index (κ1) is 36.0. The Morgan fingerprint density at radius 1 is 0.692 bits per heavy atom. The maximum Gasteiger partial charge on any atom is 0.306 e. The number of aliphatic carboxylic acids is 1. The van der Waals surface area contributed by atoms with Gasteiger partial charge in [0, 0.05) is 5.92 Å². The number of hydrogen-bond acceptors (Lipinski definition) is 3. The zero-order valence-electron chi connectivity index (χ0n) is 27.2. The lowest BCUT2D eigenvalue weighted by atomic mass is 9.60. The summed E-state index contributed by atoms with van der Waals surface area (Å²) < 4.78 is 6.52. The molecule has 0 amide bonds. The Labute approximate surface area is 242 Å². The Kier molecular flexibility index (Phi) is 17.0. The minimum absolute atomic E-state index is 0.0102. The number of carbonyl (C=O) groups is 2. The van der Waals surface area contributed by atoms with Crippen LogP contribution in [0, 0.1) is 22.7 Å². The van der Waals surface area contributed by atoms with Crippen LogP contribution in [0.4, 0.5) is 0 Å². The second-order valence-electron chi connectivity index (χ2n) is 15.2. The molecule has 4 heteroatoms. The van der Waals surface area contributed by atoms with E-state index in [9.17, 15) is 9.59 Å². The van der Waals surface area contributed by atoms with Crippen molar-refractivity contribution in [2.45, 2.75) is 189 Å². The van der Waals surface area contributed by atoms with Gasteiger partial charge in [-0.15, -0.1) is 0 Å². The monoisotopic (exact) mass is 550 g/mol. The average molecular weight is 551 g/mol. The van der Waals surface area contributed by atoms with Crippen molar-refractivity contribution in [1.29, 1.82) is 0 Å². The quantitative estimate of drug-likeness (QED) is 0.121. The van der Waals surface area contributed by atoms with E-state index < -0.39 is 11.6 Å². The van der Waals surface area contributed by atoms with E-state index in [0.29, 0.717) is 11.8 Å². The summed E-state index contributed by atoms with van der Waals surface area (Å²) in [6.07, 6.45) is 23.9. The molecular weight excluding hydrogens is 484 g/mol. The summed E-state index contributed by atoms with van der Waals surface area (Å²) in [5.74, 6) is -0.336. The van der Waals surface area contributed by atoms with Crippen molar-refractivity contribution in [2.75, 3.05) is 0 Å². The van der Waals surface area contributed by atoms with Crippen LogP contribution < -0.4 is 0 Å². The van der Waals surface area contributed by atoms with E-state index in [1.807, 2.05) is 0 Å². The van der Waals surface area contributed by atoms with Crippen molar-refractivity contribution in [3.05, 3.63) is 0 Å². The fourth-order valence-electron chi connectivity index (χ4n) is 7.25. The molecule has 0 bridgehead atoms. The van der Waals surface area contributed by atoms with Crippen LogP contribution in [0.2, 0.25) is 0 Å². The Morgan fingerprint density at radius 3 is 1.62 bits per heavy atom. The molecule has 1 saturated carbocycles. The van der Waals surface area contributed by atoms with Gasteiger partial charge in [0.1, 0.15) is 5.60 Å². The Balaban J connectivity index is 2.79. The van der Waals surface area contributed by atoms with E-state index in [2.05, 4.69) is 48.5 Å². The summed E-state index contributed by atoms with van der Waals surface area (Å²) in [5.41, 5.74) is -0.513. The van der Waals surface area contributed by atoms with Gasteiger partial charge in [-0.05, 0) is 36.0 Å². The molecule has 0 heterocycles. The van der Waals surface area contributed by atoms with Crippen molar-refractivity contribution in [2.24, 2.45) is 22.7 Å². The molecule has 0 aromatic rings. The lowest BCUT2D eigenvalue weighted by Gasteiger charge is -2.51. The first-order valence-corrected chi connectivity index (χ1v) is 16.7. The molecule has 1 aliphatic carbocycles. The Morgan fingerprint density at radius 2 is 1.15 bits per heavy atom. The van der Waals surface area contributed by atoms with Crippen molar-refractivity contribution in [1.82, 2.24) is 0 Å². The van der Waals surface area contributed by atoms with Crippen LogP contribution in [0.3, 0.4) is 0 Å². The zero-order valence-corrected chi connectivity index (χ0v) is 27.2. The molecule has 1 aliphatic rings. The first-order valence-electron chi connectivity index (χ1n) is 16.7. The molecule has 1 fully saturated rings. The number of carbonyl (C=O) groups excluding carboxylic acids is 1. The van der Waals surface area contributed by atoms with E-state index in [1.54, 1.807) is 0 Å². The minimum atomic E-state index is -0.938. The van der Waals surface area contributed by atoms with Crippen LogP contribution in [0.15, 0.2) is 0 Å². The fraction of sp³-hybridized carbons (Fsp3) is 0.943. The van der Waals surface area contributed by atoms with Gasteiger partial charge in [-0.1, -0.05) is 151 Å². The smallest absolute Gasteiger partial charge is 0.306 e. The van der Waals surface area contributed by atoms with Crippen molar-refractivity contribution in [3.63, 3.8) is 0 Å². The van der Waals surface area contributed by atoms with Crippen molar-refractivity contribution >= 4 is 11.9 Å². The predicted octanol–water partition coefficient (Wildman–Crippen LogP) is 10.9. The molecule has 4 nitrogen and oxygen atoms in total. The molecular formula is C35H66O4. The van der Waals surface area contributed by atoms with Gasteiger partial charge in [0.2, 0.25) is 0 Å². The standard InChI is InChI=1S/C35H66O4/c1-8-9-10-11-12-13-14-15-16-17-18-19-22-29-23-20-21-24-30(29)35(27-33(2,3)4,28-34(5,6)7)39-32(38)26-25-31(36)37/h29-30H,8-28H2,1-7H3,(H,36,37). The van der Waals surface area contributed by atoms with Crippen molar-refractivity contribution in [3.8, 4) is 0 Å². The van der Waals surface area contributed by atoms with E-state index in [1.165, 1.54) is 103 Å². The van der Waals surface area contributed by atoms with Gasteiger partial charge in [-0.3, -0.25) is 9.59 Å². The molecule has 2 atom stereocenters. The summed E-state index contributed by atoms with van der Waals surface area (Å²) in [6, 6.07) is 0. The third kappa shape index (κ3) is 16.7. The molecule has 0 aliphatic heterocycles. The third-order valence-corrected chi connectivity index (χ3v) is 8.53. The molecule has 0 aromatic carbocycles. The summed E-state index contributed by atoms with van der Waals surface area (Å²) in [5, 5.41) is 9.16. The number of ether oxygens (including phenoxy) is 1. The largest absolute Gasteiger partial charge is 0.481 e. The van der Waals surface area contributed by atoms with Crippen LogP contribution in [0.1, 0.15) is 183 Å². The van der Waals surface area contributed by atoms with E-state index >= 15 is 0 Å². The van der Waals surface area contributed by atoms with Gasteiger partial charge in [0.15, 0.2) is 0 Å². The first-order chi connectivity index (χ1) is 18.3. The number of unbranched alkanes of at least 4 members (excludes halogenated alkanes) is 11. The highest BCUT2D eigenvalue weighted by Gasteiger charge is 2.50. The lowest BCUT2D eigenvalue weighted by Crippen LogP contribution is -2.51. The van der Waals surface area contributed by atoms with Gasteiger partial charge >= 0.3 is 11.9 Å². The number of rotatable bonds is 20. The molecule has 1 rings (SSSR count). The topological polar surface area (TPSA) is 63.6 Å². The molecule has 230 valence electrons. The summed E-state index contributed by atoms with van der Waals surface area (Å²) in [6.45, 7) is 15.8. The van der Waals surface area contributed by atoms with Crippen LogP contribution in [-0.4, -0.2) is 22.6 Å². The lowest BCUT2D eigenvalue weighted by molar-refractivity contribution is -0.184. The number of carboxylic acid groups (broad SMARTS) is 1. The third-order valence-electron chi connectivity index (χ3n) is 8.53. The number of esters is 1. The Hall–Kier alpha value is -1.06. The average Bonchev–Trinajstić information content (AvgIpc) is 2.81. The fourth-order valence-corrected chi connectivity index (χ4v) is 7.25. The van der Waals surface area contributed by atoms with E-state index in [0.717, 1.165) is 19.3 Å². The molecule has 39 heavy (non-hydrogen) atoms. The number of carboxylic acids is 1. The van der Waals surface area contributed by atoms with Gasteiger partial charge in [-0.2, -0.15) is 0 Å². The second kappa shape index (κ2) is 18.4. The van der Waals surface area contributed by atoms with Crippen LogP contribution in [-0.2, 0) is 14.3 Å². The highest BCUT2D eigenvalue weighted by molar-refractivity contribution is 5.76. The zero-order chi connectivity index (χ0) is 29.4. The van der Waals surface area contributed by atoms with Crippen LogP contribution >= 0.6 is 0 Å². The summed E-state index contributed by atoms with van der Waals surface area (Å²) in [7, 11) is 0. The van der Waals surface area contributed by atoms with E-state index in [-0.39, 0.29) is 29.6 Å². The molecule has 0 radical (unpaired) electrons. The minimum Gasteiger partial charge on any atom is -0.481 e. The highest BCUT2D eigenvalue weighted by Crippen LogP contribution is 2.51.